The SMILES string of the molecule is C=CCc1cc(C=C2C(=O)OC(C)(C)OC2=O)cc(OCC)c1OCCC. The lowest BCUT2D eigenvalue weighted by molar-refractivity contribution is -0.222. The molecule has 1 aliphatic rings. The zero-order valence-corrected chi connectivity index (χ0v) is 16.3. The summed E-state index contributed by atoms with van der Waals surface area (Å²) < 4.78 is 21.9. The van der Waals surface area contributed by atoms with Gasteiger partial charge in [0.25, 0.3) is 5.79 Å². The van der Waals surface area contributed by atoms with E-state index in [9.17, 15) is 9.59 Å². The van der Waals surface area contributed by atoms with Gasteiger partial charge in [-0.1, -0.05) is 13.0 Å². The van der Waals surface area contributed by atoms with E-state index in [-0.39, 0.29) is 5.57 Å². The normalized spacial score (nSPS) is 15.6. The molecule has 0 radical (unpaired) electrons. The minimum Gasteiger partial charge on any atom is -0.490 e. The van der Waals surface area contributed by atoms with Crippen molar-refractivity contribution >= 4 is 18.0 Å². The zero-order valence-electron chi connectivity index (χ0n) is 16.3. The first kappa shape index (κ1) is 20.6. The van der Waals surface area contributed by atoms with E-state index < -0.39 is 17.7 Å². The van der Waals surface area contributed by atoms with Crippen LogP contribution in [0.1, 0.15) is 45.2 Å². The van der Waals surface area contributed by atoms with Gasteiger partial charge in [-0.3, -0.25) is 0 Å². The molecule has 1 aromatic rings. The Bertz CT molecular complexity index is 738. The number of hydrogen-bond acceptors (Lipinski definition) is 6. The molecule has 1 aliphatic heterocycles. The molecule has 0 bridgehead atoms. The summed E-state index contributed by atoms with van der Waals surface area (Å²) in [7, 11) is 0. The average molecular weight is 374 g/mol. The van der Waals surface area contributed by atoms with Crippen LogP contribution in [0.4, 0.5) is 0 Å². The molecule has 27 heavy (non-hydrogen) atoms. The lowest BCUT2D eigenvalue weighted by atomic mass is 10.0. The van der Waals surface area contributed by atoms with Gasteiger partial charge >= 0.3 is 11.9 Å². The molecule has 0 unspecified atom stereocenters. The van der Waals surface area contributed by atoms with Crippen molar-refractivity contribution < 1.29 is 28.5 Å². The first-order valence-electron chi connectivity index (χ1n) is 9.03. The second-order valence-electron chi connectivity index (χ2n) is 6.52. The Morgan fingerprint density at radius 1 is 1.11 bits per heavy atom. The number of esters is 2. The minimum atomic E-state index is -1.27. The molecule has 0 N–H and O–H groups in total. The Kier molecular flexibility index (Phi) is 6.66. The summed E-state index contributed by atoms with van der Waals surface area (Å²) in [4.78, 5) is 24.4. The topological polar surface area (TPSA) is 71.1 Å². The molecule has 1 saturated heterocycles. The van der Waals surface area contributed by atoms with Gasteiger partial charge in [0.1, 0.15) is 5.57 Å². The maximum atomic E-state index is 12.2. The number of hydrogen-bond donors (Lipinski definition) is 0. The Balaban J connectivity index is 2.48. The molecule has 1 fully saturated rings. The van der Waals surface area contributed by atoms with Crippen molar-refractivity contribution in [1.82, 2.24) is 0 Å². The van der Waals surface area contributed by atoms with Gasteiger partial charge in [0.15, 0.2) is 11.5 Å². The van der Waals surface area contributed by atoms with Crippen molar-refractivity contribution in [3.8, 4) is 11.5 Å². The summed E-state index contributed by atoms with van der Waals surface area (Å²) in [6, 6.07) is 3.57. The number of ether oxygens (including phenoxy) is 4. The second kappa shape index (κ2) is 8.75. The molecular weight excluding hydrogens is 348 g/mol. The molecule has 2 rings (SSSR count). The van der Waals surface area contributed by atoms with Crippen molar-refractivity contribution in [2.75, 3.05) is 13.2 Å². The van der Waals surface area contributed by atoms with Crippen LogP contribution in [-0.4, -0.2) is 30.9 Å². The molecular formula is C21H26O6. The summed E-state index contributed by atoms with van der Waals surface area (Å²) in [6.07, 6.45) is 4.61. The van der Waals surface area contributed by atoms with Crippen molar-refractivity contribution in [2.45, 2.75) is 46.3 Å². The molecule has 0 aliphatic carbocycles. The van der Waals surface area contributed by atoms with Gasteiger partial charge < -0.3 is 18.9 Å². The van der Waals surface area contributed by atoms with E-state index in [1.807, 2.05) is 19.9 Å². The third kappa shape index (κ3) is 5.12. The van der Waals surface area contributed by atoms with Crippen LogP contribution < -0.4 is 9.47 Å². The van der Waals surface area contributed by atoms with Gasteiger partial charge in [-0.25, -0.2) is 9.59 Å². The lowest BCUT2D eigenvalue weighted by Crippen LogP contribution is -2.41. The highest BCUT2D eigenvalue weighted by molar-refractivity contribution is 6.18. The van der Waals surface area contributed by atoms with Gasteiger partial charge in [0.05, 0.1) is 13.2 Å². The van der Waals surface area contributed by atoms with Crippen LogP contribution in [0, 0.1) is 0 Å². The lowest BCUT2D eigenvalue weighted by Gasteiger charge is -2.29. The highest BCUT2D eigenvalue weighted by Gasteiger charge is 2.38. The van der Waals surface area contributed by atoms with Gasteiger partial charge in [0.2, 0.25) is 0 Å². The second-order valence-corrected chi connectivity index (χ2v) is 6.52. The van der Waals surface area contributed by atoms with Crippen molar-refractivity contribution in [3.05, 3.63) is 41.5 Å². The number of carbonyl (C=O) groups excluding carboxylic acids is 2. The Hall–Kier alpha value is -2.76. The van der Waals surface area contributed by atoms with Crippen molar-refractivity contribution in [3.63, 3.8) is 0 Å². The Morgan fingerprint density at radius 2 is 1.78 bits per heavy atom. The number of carbonyl (C=O) groups is 2. The van der Waals surface area contributed by atoms with Gasteiger partial charge in [-0.05, 0) is 43.5 Å². The molecule has 0 spiro atoms. The molecule has 0 amide bonds. The largest absolute Gasteiger partial charge is 0.490 e. The van der Waals surface area contributed by atoms with Crippen LogP contribution in [0.5, 0.6) is 11.5 Å². The smallest absolute Gasteiger partial charge is 0.348 e. The highest BCUT2D eigenvalue weighted by Crippen LogP contribution is 2.35. The summed E-state index contributed by atoms with van der Waals surface area (Å²) >= 11 is 0. The van der Waals surface area contributed by atoms with Crippen molar-refractivity contribution in [1.29, 1.82) is 0 Å². The number of cyclic esters (lactones) is 2. The fraction of sp³-hybridized carbons (Fsp3) is 0.429. The van der Waals surface area contributed by atoms with E-state index in [1.54, 1.807) is 12.1 Å². The molecule has 0 atom stereocenters. The first-order valence-corrected chi connectivity index (χ1v) is 9.03. The standard InChI is InChI=1S/C21H26O6/c1-6-9-15-11-14(13-17(24-8-3)18(15)25-10-7-2)12-16-19(22)26-21(4,5)27-20(16)23/h6,11-13H,1,7-10H2,2-5H3. The molecule has 146 valence electrons. The van der Waals surface area contributed by atoms with Gasteiger partial charge in [-0.15, -0.1) is 6.58 Å². The quantitative estimate of drug-likeness (QED) is 0.298. The number of allylic oxidation sites excluding steroid dienone is 1. The zero-order chi connectivity index (χ0) is 20.0. The van der Waals surface area contributed by atoms with E-state index in [0.29, 0.717) is 36.7 Å². The predicted octanol–water partition coefficient (Wildman–Crippen LogP) is 3.82. The molecule has 0 aromatic heterocycles. The third-order valence-electron chi connectivity index (χ3n) is 3.70. The summed E-state index contributed by atoms with van der Waals surface area (Å²) in [5, 5.41) is 0. The van der Waals surface area contributed by atoms with E-state index >= 15 is 0 Å². The average Bonchev–Trinajstić information content (AvgIpc) is 2.57. The van der Waals surface area contributed by atoms with Gasteiger partial charge in [-0.2, -0.15) is 0 Å². The molecule has 6 nitrogen and oxygen atoms in total. The van der Waals surface area contributed by atoms with Crippen LogP contribution in [0.3, 0.4) is 0 Å². The van der Waals surface area contributed by atoms with E-state index in [4.69, 9.17) is 18.9 Å². The minimum absolute atomic E-state index is 0.163. The molecule has 1 aromatic carbocycles. The molecule has 6 heteroatoms. The third-order valence-corrected chi connectivity index (χ3v) is 3.70. The number of rotatable bonds is 8. The fourth-order valence-electron chi connectivity index (χ4n) is 2.65. The van der Waals surface area contributed by atoms with Crippen LogP contribution >= 0.6 is 0 Å². The predicted molar refractivity (Wildman–Crippen MR) is 102 cm³/mol. The number of benzene rings is 1. The van der Waals surface area contributed by atoms with Crippen LogP contribution in [-0.2, 0) is 25.5 Å². The van der Waals surface area contributed by atoms with Crippen LogP contribution in [0.2, 0.25) is 0 Å². The van der Waals surface area contributed by atoms with Crippen LogP contribution in [0.25, 0.3) is 6.08 Å². The first-order chi connectivity index (χ1) is 12.8. The maximum absolute atomic E-state index is 12.2. The van der Waals surface area contributed by atoms with Crippen molar-refractivity contribution in [2.24, 2.45) is 0 Å². The van der Waals surface area contributed by atoms with E-state index in [2.05, 4.69) is 6.58 Å². The van der Waals surface area contributed by atoms with Gasteiger partial charge in [0, 0.05) is 19.4 Å². The van der Waals surface area contributed by atoms with Crippen LogP contribution in [0.15, 0.2) is 30.4 Å². The molecule has 0 saturated carbocycles. The monoisotopic (exact) mass is 374 g/mol. The fourth-order valence-corrected chi connectivity index (χ4v) is 2.65. The highest BCUT2D eigenvalue weighted by atomic mass is 16.7. The maximum Gasteiger partial charge on any atom is 0.348 e. The molecule has 1 heterocycles. The van der Waals surface area contributed by atoms with E-state index in [1.165, 1.54) is 19.9 Å². The summed E-state index contributed by atoms with van der Waals surface area (Å²) in [5.74, 6) is -1.50. The Morgan fingerprint density at radius 3 is 2.33 bits per heavy atom. The summed E-state index contributed by atoms with van der Waals surface area (Å²) in [5.41, 5.74) is 1.31. The van der Waals surface area contributed by atoms with E-state index in [0.717, 1.165) is 12.0 Å². The Labute approximate surface area is 159 Å². The summed E-state index contributed by atoms with van der Waals surface area (Å²) in [6.45, 7) is 11.7.